The smallest absolute Gasteiger partial charge is 0.0973 e. The van der Waals surface area contributed by atoms with Crippen LogP contribution in [-0.4, -0.2) is 30.0 Å². The molecule has 1 rings (SSSR count). The summed E-state index contributed by atoms with van der Waals surface area (Å²) in [5, 5.41) is 0. The quantitative estimate of drug-likeness (QED) is 0.780. The molecule has 0 aromatic carbocycles. The normalized spacial score (nSPS) is 27.3. The van der Waals surface area contributed by atoms with Gasteiger partial charge in [0.25, 0.3) is 0 Å². The van der Waals surface area contributed by atoms with Gasteiger partial charge in [-0.15, -0.1) is 0 Å². The van der Waals surface area contributed by atoms with Crippen molar-refractivity contribution in [3.8, 4) is 0 Å². The fourth-order valence-electron chi connectivity index (χ4n) is 1.70. The molecule has 0 radical (unpaired) electrons. The highest BCUT2D eigenvalue weighted by atomic mass is 32.2. The first-order valence-electron chi connectivity index (χ1n) is 7.03. The fourth-order valence-corrected chi connectivity index (χ4v) is 3.48. The van der Waals surface area contributed by atoms with Crippen LogP contribution in [-0.2, 0) is 22.0 Å². The highest BCUT2D eigenvalue weighted by Crippen LogP contribution is 2.18. The van der Waals surface area contributed by atoms with E-state index in [1.807, 2.05) is 41.5 Å². The molecule has 0 saturated carbocycles. The van der Waals surface area contributed by atoms with Crippen molar-refractivity contribution in [3.63, 3.8) is 0 Å². The van der Waals surface area contributed by atoms with E-state index in [0.29, 0.717) is 0 Å². The summed E-state index contributed by atoms with van der Waals surface area (Å²) in [7, 11) is -2.23. The molecule has 4 atom stereocenters. The van der Waals surface area contributed by atoms with E-state index >= 15 is 0 Å². The lowest BCUT2D eigenvalue weighted by molar-refractivity contribution is 0.448. The first-order valence-corrected chi connectivity index (χ1v) is 9.33. The van der Waals surface area contributed by atoms with Gasteiger partial charge in [0.05, 0.1) is 31.5 Å². The highest BCUT2D eigenvalue weighted by molar-refractivity contribution is 7.84. The third-order valence-corrected chi connectivity index (χ3v) is 6.32. The molecule has 0 bridgehead atoms. The van der Waals surface area contributed by atoms with Gasteiger partial charge in [-0.05, 0) is 54.4 Å². The summed E-state index contributed by atoms with van der Waals surface area (Å²) in [6, 6.07) is 0.0951. The molecule has 0 aliphatic heterocycles. The maximum atomic E-state index is 12.2. The number of hydrogen-bond donors (Lipinski definition) is 2. The lowest BCUT2D eigenvalue weighted by atomic mass is 9.98. The molecule has 0 fully saturated rings. The first-order chi connectivity index (χ1) is 9.01. The van der Waals surface area contributed by atoms with Gasteiger partial charge >= 0.3 is 0 Å². The van der Waals surface area contributed by atoms with Crippen LogP contribution in [0, 0.1) is 0 Å². The van der Waals surface area contributed by atoms with E-state index < -0.39 is 22.0 Å². The molecule has 4 nitrogen and oxygen atoms in total. The second-order valence-electron chi connectivity index (χ2n) is 7.15. The largest absolute Gasteiger partial charge is 0.242 e. The third kappa shape index (κ3) is 5.39. The van der Waals surface area contributed by atoms with E-state index in [0.717, 1.165) is 12.8 Å². The highest BCUT2D eigenvalue weighted by Gasteiger charge is 2.31. The molecule has 0 saturated heterocycles. The van der Waals surface area contributed by atoms with Crippen LogP contribution >= 0.6 is 0 Å². The van der Waals surface area contributed by atoms with Gasteiger partial charge in [-0.1, -0.05) is 12.2 Å². The Morgan fingerprint density at radius 3 is 1.35 bits per heavy atom. The molecule has 20 heavy (non-hydrogen) atoms. The van der Waals surface area contributed by atoms with Crippen molar-refractivity contribution < 1.29 is 8.42 Å². The molecule has 0 amide bonds. The Balaban J connectivity index is 2.71. The van der Waals surface area contributed by atoms with Crippen LogP contribution in [0.1, 0.15) is 54.4 Å². The summed E-state index contributed by atoms with van der Waals surface area (Å²) in [6.45, 7) is 11.7. The maximum Gasteiger partial charge on any atom is 0.0973 e. The van der Waals surface area contributed by atoms with E-state index in [2.05, 4.69) is 21.6 Å². The lowest BCUT2D eigenvalue weighted by Crippen LogP contribution is -2.53. The number of nitrogens with one attached hydrogen (secondary N) is 2. The summed E-state index contributed by atoms with van der Waals surface area (Å²) in [5.41, 5.74) is 0. The zero-order valence-corrected chi connectivity index (χ0v) is 15.0. The van der Waals surface area contributed by atoms with Gasteiger partial charge in [-0.2, -0.15) is 0 Å². The molecular formula is C14H28N2O2S2. The Kier molecular flexibility index (Phi) is 6.14. The first kappa shape index (κ1) is 18.0. The standard InChI is InChI=1S/C14H28N2O2S2/c1-13(2,3)19(17)15-11-9-7-8-10-12(11)16-20(18)14(4,5)6/h7-8,11-12,15-16H,9-10H2,1-6H3/t11-,12-,19-,20-/m0/s1. The van der Waals surface area contributed by atoms with Crippen molar-refractivity contribution in [2.75, 3.05) is 0 Å². The maximum absolute atomic E-state index is 12.2. The Hall–Kier alpha value is -0.0400. The van der Waals surface area contributed by atoms with Crippen molar-refractivity contribution >= 4 is 22.0 Å². The third-order valence-electron chi connectivity index (χ3n) is 3.06. The summed E-state index contributed by atoms with van der Waals surface area (Å²) in [6.07, 6.45) is 5.80. The monoisotopic (exact) mass is 320 g/mol. The van der Waals surface area contributed by atoms with Gasteiger partial charge in [0.1, 0.15) is 0 Å². The van der Waals surface area contributed by atoms with Crippen molar-refractivity contribution in [1.29, 1.82) is 0 Å². The topological polar surface area (TPSA) is 58.2 Å². The minimum atomic E-state index is -1.11. The molecule has 1 aliphatic rings. The summed E-state index contributed by atoms with van der Waals surface area (Å²) < 4.78 is 30.3. The lowest BCUT2D eigenvalue weighted by Gasteiger charge is -2.33. The number of rotatable bonds is 4. The van der Waals surface area contributed by atoms with Gasteiger partial charge in [0, 0.05) is 12.1 Å². The van der Waals surface area contributed by atoms with E-state index in [1.165, 1.54) is 0 Å². The Labute approximate surface area is 128 Å². The second kappa shape index (κ2) is 6.81. The van der Waals surface area contributed by atoms with Crippen LogP contribution in [0.3, 0.4) is 0 Å². The molecule has 0 unspecified atom stereocenters. The van der Waals surface area contributed by atoms with Crippen LogP contribution < -0.4 is 9.44 Å². The van der Waals surface area contributed by atoms with Gasteiger partial charge in [0.15, 0.2) is 0 Å². The predicted molar refractivity (Wildman–Crippen MR) is 88.0 cm³/mol. The fraction of sp³-hybridized carbons (Fsp3) is 0.857. The van der Waals surface area contributed by atoms with Crippen LogP contribution in [0.4, 0.5) is 0 Å². The predicted octanol–water partition coefficient (Wildman–Crippen LogP) is 2.18. The van der Waals surface area contributed by atoms with Gasteiger partial charge in [-0.25, -0.2) is 17.9 Å². The van der Waals surface area contributed by atoms with Crippen molar-refractivity contribution in [3.05, 3.63) is 12.2 Å². The Bertz CT molecular complexity index is 370. The average molecular weight is 321 g/mol. The molecule has 0 aromatic heterocycles. The molecule has 0 aromatic rings. The van der Waals surface area contributed by atoms with Gasteiger partial charge in [0.2, 0.25) is 0 Å². The van der Waals surface area contributed by atoms with Crippen molar-refractivity contribution in [2.24, 2.45) is 0 Å². The molecule has 0 heterocycles. The zero-order valence-electron chi connectivity index (χ0n) is 13.4. The Morgan fingerprint density at radius 1 is 0.800 bits per heavy atom. The minimum absolute atomic E-state index is 0.0476. The SMILES string of the molecule is CC(C)(C)[S@](=O)N[C@H]1CC=CC[C@@H]1N[S@@](=O)C(C)(C)C. The van der Waals surface area contributed by atoms with Crippen LogP contribution in [0.5, 0.6) is 0 Å². The van der Waals surface area contributed by atoms with E-state index in [1.54, 1.807) is 0 Å². The molecule has 6 heteroatoms. The molecule has 1 aliphatic carbocycles. The van der Waals surface area contributed by atoms with Crippen LogP contribution in [0.25, 0.3) is 0 Å². The van der Waals surface area contributed by atoms with Crippen molar-refractivity contribution in [2.45, 2.75) is 76.0 Å². The van der Waals surface area contributed by atoms with Crippen LogP contribution in [0.15, 0.2) is 12.2 Å². The summed E-state index contributed by atoms with van der Waals surface area (Å²) in [4.78, 5) is 0. The second-order valence-corrected chi connectivity index (χ2v) is 11.1. The molecule has 118 valence electrons. The molecular weight excluding hydrogens is 292 g/mol. The van der Waals surface area contributed by atoms with Gasteiger partial charge in [-0.3, -0.25) is 0 Å². The zero-order chi connectivity index (χ0) is 15.6. The Morgan fingerprint density at radius 2 is 1.10 bits per heavy atom. The molecule has 2 N–H and O–H groups in total. The van der Waals surface area contributed by atoms with E-state index in [9.17, 15) is 8.42 Å². The number of hydrogen-bond acceptors (Lipinski definition) is 2. The summed E-state index contributed by atoms with van der Waals surface area (Å²) in [5.74, 6) is 0. The van der Waals surface area contributed by atoms with E-state index in [-0.39, 0.29) is 21.6 Å². The van der Waals surface area contributed by atoms with E-state index in [4.69, 9.17) is 0 Å². The van der Waals surface area contributed by atoms with Crippen molar-refractivity contribution in [1.82, 2.24) is 9.44 Å². The van der Waals surface area contributed by atoms with Crippen LogP contribution in [0.2, 0.25) is 0 Å². The summed E-state index contributed by atoms with van der Waals surface area (Å²) >= 11 is 0. The molecule has 0 spiro atoms. The minimum Gasteiger partial charge on any atom is -0.242 e. The average Bonchev–Trinajstić information content (AvgIpc) is 2.29. The van der Waals surface area contributed by atoms with Gasteiger partial charge < -0.3 is 0 Å².